The van der Waals surface area contributed by atoms with Gasteiger partial charge in [-0.25, -0.2) is 4.98 Å². The molecule has 0 spiro atoms. The summed E-state index contributed by atoms with van der Waals surface area (Å²) in [5.74, 6) is 0.617. The smallest absolute Gasteiger partial charge is 0.183 e. The van der Waals surface area contributed by atoms with Crippen LogP contribution in [0.1, 0.15) is 46.0 Å². The second-order valence-corrected chi connectivity index (χ2v) is 7.75. The second-order valence-electron chi connectivity index (χ2n) is 6.89. The van der Waals surface area contributed by atoms with Crippen LogP contribution in [0.3, 0.4) is 0 Å². The van der Waals surface area contributed by atoms with E-state index < -0.39 is 0 Å². The maximum atomic E-state index is 4.75. The monoisotopic (exact) mass is 303 g/mol. The van der Waals surface area contributed by atoms with Crippen molar-refractivity contribution in [2.45, 2.75) is 47.0 Å². The molecule has 2 heterocycles. The summed E-state index contributed by atoms with van der Waals surface area (Å²) in [6.45, 7) is 14.0. The molecular weight excluding hydrogens is 278 g/mol. The average Bonchev–Trinajstić information content (AvgIpc) is 2.83. The van der Waals surface area contributed by atoms with E-state index in [4.69, 9.17) is 4.98 Å². The fraction of sp³-hybridized carbons (Fsp3) is 0.529. The molecule has 2 rings (SSSR count). The minimum Gasteiger partial charge on any atom is -0.361 e. The van der Waals surface area contributed by atoms with Gasteiger partial charge in [0.15, 0.2) is 5.13 Å². The van der Waals surface area contributed by atoms with Crippen molar-refractivity contribution in [2.24, 2.45) is 5.92 Å². The molecule has 0 aliphatic carbocycles. The minimum atomic E-state index is 0.0787. The lowest BCUT2D eigenvalue weighted by Gasteiger charge is -2.18. The zero-order chi connectivity index (χ0) is 15.6. The number of anilines is 1. The van der Waals surface area contributed by atoms with E-state index in [0.29, 0.717) is 5.92 Å². The van der Waals surface area contributed by atoms with Gasteiger partial charge in [0.2, 0.25) is 0 Å². The van der Waals surface area contributed by atoms with Gasteiger partial charge in [-0.15, -0.1) is 11.3 Å². The number of pyridine rings is 1. The van der Waals surface area contributed by atoms with Crippen LogP contribution in [0, 0.1) is 12.8 Å². The molecule has 3 nitrogen and oxygen atoms in total. The van der Waals surface area contributed by atoms with Gasteiger partial charge in [0.25, 0.3) is 0 Å². The molecule has 21 heavy (non-hydrogen) atoms. The average molecular weight is 303 g/mol. The topological polar surface area (TPSA) is 37.8 Å². The van der Waals surface area contributed by atoms with Gasteiger partial charge < -0.3 is 5.32 Å². The van der Waals surface area contributed by atoms with Crippen molar-refractivity contribution in [3.05, 3.63) is 28.9 Å². The highest BCUT2D eigenvalue weighted by Crippen LogP contribution is 2.29. The summed E-state index contributed by atoms with van der Waals surface area (Å²) >= 11 is 1.65. The van der Waals surface area contributed by atoms with Crippen molar-refractivity contribution < 1.29 is 0 Å². The van der Waals surface area contributed by atoms with Crippen LogP contribution in [0.2, 0.25) is 0 Å². The third-order valence-electron chi connectivity index (χ3n) is 3.30. The third-order valence-corrected chi connectivity index (χ3v) is 4.10. The molecule has 0 radical (unpaired) electrons. The van der Waals surface area contributed by atoms with E-state index in [2.05, 4.69) is 69.4 Å². The molecule has 0 amide bonds. The highest BCUT2D eigenvalue weighted by Gasteiger charge is 2.17. The van der Waals surface area contributed by atoms with Gasteiger partial charge in [-0.1, -0.05) is 34.6 Å². The number of nitrogens with one attached hydrogen (secondary N) is 1. The molecule has 0 aliphatic rings. The molecule has 1 N–H and O–H groups in total. The van der Waals surface area contributed by atoms with Crippen molar-refractivity contribution in [1.82, 2.24) is 9.97 Å². The number of aryl methyl sites for hydroxylation is 1. The van der Waals surface area contributed by atoms with Gasteiger partial charge in [0.05, 0.1) is 5.69 Å². The highest BCUT2D eigenvalue weighted by molar-refractivity contribution is 7.14. The van der Waals surface area contributed by atoms with E-state index in [1.165, 1.54) is 0 Å². The molecule has 2 aromatic heterocycles. The van der Waals surface area contributed by atoms with Crippen LogP contribution in [0.25, 0.3) is 11.3 Å². The van der Waals surface area contributed by atoms with Crippen LogP contribution in [-0.2, 0) is 5.41 Å². The van der Waals surface area contributed by atoms with Crippen molar-refractivity contribution in [2.75, 3.05) is 11.9 Å². The Hall–Kier alpha value is -1.42. The van der Waals surface area contributed by atoms with Crippen molar-refractivity contribution in [3.63, 3.8) is 0 Å². The summed E-state index contributed by atoms with van der Waals surface area (Å²) in [5, 5.41) is 6.46. The Labute approximate surface area is 131 Å². The van der Waals surface area contributed by atoms with Gasteiger partial charge in [-0.3, -0.25) is 4.98 Å². The van der Waals surface area contributed by atoms with Gasteiger partial charge in [0, 0.05) is 34.3 Å². The number of hydrogen-bond acceptors (Lipinski definition) is 4. The minimum absolute atomic E-state index is 0.0787. The number of rotatable bonds is 4. The van der Waals surface area contributed by atoms with Crippen LogP contribution in [0.15, 0.2) is 17.5 Å². The lowest BCUT2D eigenvalue weighted by atomic mass is 9.91. The number of thiazole rings is 1. The van der Waals surface area contributed by atoms with Crippen molar-refractivity contribution in [3.8, 4) is 11.3 Å². The molecule has 0 saturated heterocycles. The Morgan fingerprint density at radius 1 is 1.19 bits per heavy atom. The molecule has 0 bridgehead atoms. The van der Waals surface area contributed by atoms with Gasteiger partial charge in [-0.05, 0) is 25.0 Å². The molecule has 0 atom stereocenters. The maximum absolute atomic E-state index is 4.75. The summed E-state index contributed by atoms with van der Waals surface area (Å²) < 4.78 is 0. The van der Waals surface area contributed by atoms with E-state index >= 15 is 0 Å². The molecule has 0 saturated carbocycles. The highest BCUT2D eigenvalue weighted by atomic mass is 32.1. The molecule has 0 unspecified atom stereocenters. The fourth-order valence-electron chi connectivity index (χ4n) is 2.02. The van der Waals surface area contributed by atoms with Gasteiger partial charge in [-0.2, -0.15) is 0 Å². The predicted molar refractivity (Wildman–Crippen MR) is 92.1 cm³/mol. The third kappa shape index (κ3) is 4.03. The van der Waals surface area contributed by atoms with Crippen LogP contribution in [-0.4, -0.2) is 16.5 Å². The molecule has 0 aliphatic heterocycles. The van der Waals surface area contributed by atoms with E-state index in [-0.39, 0.29) is 5.41 Å². The summed E-state index contributed by atoms with van der Waals surface area (Å²) in [6.07, 6.45) is 0. The molecule has 0 aromatic carbocycles. The molecule has 114 valence electrons. The zero-order valence-electron chi connectivity index (χ0n) is 13.8. The van der Waals surface area contributed by atoms with E-state index in [0.717, 1.165) is 34.3 Å². The first-order chi connectivity index (χ1) is 9.77. The summed E-state index contributed by atoms with van der Waals surface area (Å²) in [7, 11) is 0. The van der Waals surface area contributed by atoms with Crippen LogP contribution in [0.4, 0.5) is 5.13 Å². The predicted octanol–water partition coefficient (Wildman–Crippen LogP) is 4.88. The lowest BCUT2D eigenvalue weighted by molar-refractivity contribution is 0.567. The first kappa shape index (κ1) is 16.0. The molecule has 0 fully saturated rings. The van der Waals surface area contributed by atoms with E-state index in [9.17, 15) is 0 Å². The van der Waals surface area contributed by atoms with E-state index in [1.807, 2.05) is 0 Å². The van der Waals surface area contributed by atoms with Crippen LogP contribution < -0.4 is 5.32 Å². The maximum Gasteiger partial charge on any atom is 0.183 e. The van der Waals surface area contributed by atoms with Crippen molar-refractivity contribution in [1.29, 1.82) is 0 Å². The Morgan fingerprint density at radius 3 is 2.48 bits per heavy atom. The Kier molecular flexibility index (Phi) is 4.67. The largest absolute Gasteiger partial charge is 0.361 e. The quantitative estimate of drug-likeness (QED) is 0.875. The zero-order valence-corrected chi connectivity index (χ0v) is 14.6. The van der Waals surface area contributed by atoms with Crippen LogP contribution in [0.5, 0.6) is 0 Å². The van der Waals surface area contributed by atoms with Gasteiger partial charge >= 0.3 is 0 Å². The number of aromatic nitrogens is 2. The van der Waals surface area contributed by atoms with Crippen LogP contribution >= 0.6 is 11.3 Å². The number of hydrogen-bond donors (Lipinski definition) is 1. The Bertz CT molecular complexity index is 609. The second kappa shape index (κ2) is 6.14. The summed E-state index contributed by atoms with van der Waals surface area (Å²) in [6, 6.07) is 4.26. The van der Waals surface area contributed by atoms with Gasteiger partial charge in [0.1, 0.15) is 0 Å². The Balaban J connectivity index is 2.23. The summed E-state index contributed by atoms with van der Waals surface area (Å²) in [5.41, 5.74) is 4.38. The Morgan fingerprint density at radius 2 is 1.90 bits per heavy atom. The molecule has 4 heteroatoms. The fourth-order valence-corrected chi connectivity index (χ4v) is 2.74. The standard InChI is InChI=1S/C17H25N3S/c1-11(2)9-18-16-20-14(10-21-16)13-7-8-15(17(4,5)6)19-12(13)3/h7-8,10-11H,9H2,1-6H3,(H,18,20). The molecule has 2 aromatic rings. The normalized spacial score (nSPS) is 12.0. The SMILES string of the molecule is Cc1nc(C(C)(C)C)ccc1-c1csc(NCC(C)C)n1. The first-order valence-corrected chi connectivity index (χ1v) is 8.33. The molecular formula is C17H25N3S. The van der Waals surface area contributed by atoms with Crippen molar-refractivity contribution >= 4 is 16.5 Å². The lowest BCUT2D eigenvalue weighted by Crippen LogP contribution is -2.14. The summed E-state index contributed by atoms with van der Waals surface area (Å²) in [4.78, 5) is 9.42. The van der Waals surface area contributed by atoms with E-state index in [1.54, 1.807) is 11.3 Å². The first-order valence-electron chi connectivity index (χ1n) is 7.45. The number of nitrogens with zero attached hydrogens (tertiary/aromatic N) is 2.